The number of carbonyl (C=O) groups is 2. The number of thioether (sulfide) groups is 1. The van der Waals surface area contributed by atoms with Gasteiger partial charge in [0.1, 0.15) is 4.32 Å². The van der Waals surface area contributed by atoms with E-state index in [2.05, 4.69) is 0 Å². The second-order valence-corrected chi connectivity index (χ2v) is 5.66. The van der Waals surface area contributed by atoms with Crippen LogP contribution in [0, 0.1) is 10.1 Å². The lowest BCUT2D eigenvalue weighted by molar-refractivity contribution is -0.384. The van der Waals surface area contributed by atoms with Crippen LogP contribution in [0.25, 0.3) is 6.08 Å². The number of carboxylic acid groups (broad SMARTS) is 1. The number of carbonyl (C=O) groups excluding carboxylic acids is 2. The molecule has 1 aromatic carbocycles. The Bertz CT molecular complexity index is 669. The predicted molar refractivity (Wildman–Crippen MR) is 78.0 cm³/mol. The minimum atomic E-state index is -1.40. The van der Waals surface area contributed by atoms with Crippen LogP contribution in [-0.4, -0.2) is 32.6 Å². The molecule has 1 aromatic rings. The lowest BCUT2D eigenvalue weighted by Crippen LogP contribution is -2.40. The Kier molecular flexibility index (Phi) is 4.34. The van der Waals surface area contributed by atoms with E-state index in [9.17, 15) is 24.8 Å². The third-order valence-electron chi connectivity index (χ3n) is 2.56. The summed E-state index contributed by atoms with van der Waals surface area (Å²) in [4.78, 5) is 33.8. The zero-order chi connectivity index (χ0) is 15.6. The van der Waals surface area contributed by atoms with E-state index in [1.807, 2.05) is 0 Å². The van der Waals surface area contributed by atoms with Crippen LogP contribution in [0.5, 0.6) is 0 Å². The molecule has 1 heterocycles. The number of thiocarbonyl (C=S) groups is 1. The number of rotatable bonds is 4. The number of benzene rings is 1. The zero-order valence-electron chi connectivity index (χ0n) is 10.3. The Labute approximate surface area is 128 Å². The lowest BCUT2D eigenvalue weighted by Gasteiger charge is -2.14. The van der Waals surface area contributed by atoms with Gasteiger partial charge in [-0.25, -0.2) is 0 Å². The summed E-state index contributed by atoms with van der Waals surface area (Å²) in [7, 11) is 0. The van der Waals surface area contributed by atoms with Crippen molar-refractivity contribution in [1.29, 1.82) is 0 Å². The van der Waals surface area contributed by atoms with E-state index in [4.69, 9.17) is 12.2 Å². The maximum atomic E-state index is 12.0. The van der Waals surface area contributed by atoms with E-state index in [1.54, 1.807) is 0 Å². The Balaban J connectivity index is 2.22. The molecule has 0 aromatic heterocycles. The van der Waals surface area contributed by atoms with Crippen LogP contribution in [0.2, 0.25) is 0 Å². The molecule has 0 saturated carbocycles. The van der Waals surface area contributed by atoms with Gasteiger partial charge in [0.05, 0.1) is 22.3 Å². The molecule has 0 radical (unpaired) electrons. The monoisotopic (exact) mass is 323 g/mol. The summed E-state index contributed by atoms with van der Waals surface area (Å²) >= 11 is 5.90. The van der Waals surface area contributed by atoms with Crippen molar-refractivity contribution in [2.45, 2.75) is 0 Å². The Morgan fingerprint density at radius 1 is 1.38 bits per heavy atom. The van der Waals surface area contributed by atoms with Gasteiger partial charge in [-0.15, -0.1) is 0 Å². The first kappa shape index (κ1) is 15.1. The molecule has 0 bridgehead atoms. The molecule has 0 unspecified atom stereocenters. The largest absolute Gasteiger partial charge is 0.548 e. The smallest absolute Gasteiger partial charge is 0.269 e. The zero-order valence-corrected chi connectivity index (χ0v) is 12.0. The molecular weight excluding hydrogens is 316 g/mol. The highest BCUT2D eigenvalue weighted by molar-refractivity contribution is 8.26. The van der Waals surface area contributed by atoms with Crippen LogP contribution in [-0.2, 0) is 9.59 Å². The maximum absolute atomic E-state index is 12.0. The van der Waals surface area contributed by atoms with Gasteiger partial charge in [-0.05, 0) is 23.8 Å². The maximum Gasteiger partial charge on any atom is 0.269 e. The van der Waals surface area contributed by atoms with Gasteiger partial charge in [-0.2, -0.15) is 0 Å². The van der Waals surface area contributed by atoms with Crippen molar-refractivity contribution < 1.29 is 19.6 Å². The van der Waals surface area contributed by atoms with Crippen LogP contribution >= 0.6 is 24.0 Å². The summed E-state index contributed by atoms with van der Waals surface area (Å²) < 4.78 is 0.136. The second kappa shape index (κ2) is 6.02. The highest BCUT2D eigenvalue weighted by Crippen LogP contribution is 2.32. The Morgan fingerprint density at radius 2 is 2.00 bits per heavy atom. The predicted octanol–water partition coefficient (Wildman–Crippen LogP) is 0.546. The number of nitro groups is 1. The average molecular weight is 323 g/mol. The quantitative estimate of drug-likeness (QED) is 0.345. The SMILES string of the molecule is O=C([O-])CN1C(=O)/C(=C\c2ccc([N+](=O)[O-])cc2)SC1=S. The van der Waals surface area contributed by atoms with Gasteiger partial charge in [-0.3, -0.25) is 19.8 Å². The number of amides is 1. The molecule has 1 fully saturated rings. The average Bonchev–Trinajstić information content (AvgIpc) is 2.67. The van der Waals surface area contributed by atoms with Crippen LogP contribution in [0.15, 0.2) is 29.2 Å². The van der Waals surface area contributed by atoms with Crippen LogP contribution in [0.4, 0.5) is 5.69 Å². The number of nitro benzene ring substituents is 1. The number of aliphatic carboxylic acids is 1. The fourth-order valence-electron chi connectivity index (χ4n) is 1.61. The molecule has 7 nitrogen and oxygen atoms in total. The van der Waals surface area contributed by atoms with Crippen molar-refractivity contribution in [3.05, 3.63) is 44.8 Å². The molecule has 2 rings (SSSR count). The van der Waals surface area contributed by atoms with E-state index >= 15 is 0 Å². The number of non-ortho nitro benzene ring substituents is 1. The van der Waals surface area contributed by atoms with Gasteiger partial charge in [0.2, 0.25) is 0 Å². The molecule has 1 saturated heterocycles. The Morgan fingerprint density at radius 3 is 2.52 bits per heavy atom. The van der Waals surface area contributed by atoms with Crippen molar-refractivity contribution in [3.8, 4) is 0 Å². The molecule has 0 N–H and O–H groups in total. The van der Waals surface area contributed by atoms with Crippen LogP contribution < -0.4 is 5.11 Å². The topological polar surface area (TPSA) is 104 Å². The third-order valence-corrected chi connectivity index (χ3v) is 3.94. The summed E-state index contributed by atoms with van der Waals surface area (Å²) in [5, 5.41) is 21.1. The number of hydrogen-bond acceptors (Lipinski definition) is 7. The van der Waals surface area contributed by atoms with Crippen molar-refractivity contribution in [1.82, 2.24) is 4.90 Å². The number of nitrogens with zero attached hydrogens (tertiary/aromatic N) is 2. The first-order valence-electron chi connectivity index (χ1n) is 5.58. The minimum Gasteiger partial charge on any atom is -0.548 e. The second-order valence-electron chi connectivity index (χ2n) is 3.99. The Hall–Kier alpha value is -2.26. The number of carboxylic acids is 1. The van der Waals surface area contributed by atoms with Crippen molar-refractivity contribution in [2.24, 2.45) is 0 Å². The summed E-state index contributed by atoms with van der Waals surface area (Å²) in [5.41, 5.74) is 0.520. The molecule has 1 aliphatic heterocycles. The van der Waals surface area contributed by atoms with Crippen molar-refractivity contribution in [3.63, 3.8) is 0 Å². The summed E-state index contributed by atoms with van der Waals surface area (Å²) in [6, 6.07) is 5.61. The third kappa shape index (κ3) is 3.44. The highest BCUT2D eigenvalue weighted by Gasteiger charge is 2.31. The normalized spacial score (nSPS) is 16.6. The fraction of sp³-hybridized carbons (Fsp3) is 0.0833. The van der Waals surface area contributed by atoms with Crippen LogP contribution in [0.3, 0.4) is 0 Å². The minimum absolute atomic E-state index is 0.0587. The van der Waals surface area contributed by atoms with E-state index < -0.39 is 23.3 Å². The van der Waals surface area contributed by atoms with Crippen LogP contribution in [0.1, 0.15) is 5.56 Å². The molecule has 1 aliphatic rings. The highest BCUT2D eigenvalue weighted by atomic mass is 32.2. The van der Waals surface area contributed by atoms with E-state index in [1.165, 1.54) is 30.3 Å². The molecule has 9 heteroatoms. The molecule has 0 spiro atoms. The van der Waals surface area contributed by atoms with Gasteiger partial charge < -0.3 is 9.90 Å². The van der Waals surface area contributed by atoms with E-state index in [0.29, 0.717) is 5.56 Å². The molecule has 0 atom stereocenters. The summed E-state index contributed by atoms with van der Waals surface area (Å²) in [6.07, 6.45) is 1.50. The molecule has 108 valence electrons. The fourth-order valence-corrected chi connectivity index (χ4v) is 2.86. The van der Waals surface area contributed by atoms with Gasteiger partial charge >= 0.3 is 0 Å². The lowest BCUT2D eigenvalue weighted by atomic mass is 10.2. The van der Waals surface area contributed by atoms with E-state index in [0.717, 1.165) is 16.7 Å². The van der Waals surface area contributed by atoms with Gasteiger partial charge in [-0.1, -0.05) is 24.0 Å². The standard InChI is InChI=1S/C12H8N2O5S2/c15-10(16)6-13-11(17)9(21-12(13)20)5-7-1-3-8(4-2-7)14(18)19/h1-5H,6H2,(H,15,16)/p-1/b9-5+. The van der Waals surface area contributed by atoms with Gasteiger partial charge in [0, 0.05) is 12.1 Å². The number of hydrogen-bond donors (Lipinski definition) is 0. The molecule has 0 aliphatic carbocycles. The van der Waals surface area contributed by atoms with Crippen molar-refractivity contribution >= 4 is 51.9 Å². The molecular formula is C12H7N2O5S2-. The first-order valence-corrected chi connectivity index (χ1v) is 6.80. The van der Waals surface area contributed by atoms with Gasteiger partial charge in [0.25, 0.3) is 11.6 Å². The molecule has 21 heavy (non-hydrogen) atoms. The van der Waals surface area contributed by atoms with Gasteiger partial charge in [0.15, 0.2) is 0 Å². The van der Waals surface area contributed by atoms with Crippen molar-refractivity contribution in [2.75, 3.05) is 6.54 Å². The first-order chi connectivity index (χ1) is 9.88. The summed E-state index contributed by atoms with van der Waals surface area (Å²) in [5.74, 6) is -1.92. The summed E-state index contributed by atoms with van der Waals surface area (Å²) in [6.45, 7) is -0.595. The van der Waals surface area contributed by atoms with E-state index in [-0.39, 0.29) is 14.9 Å². The molecule has 1 amide bonds.